The molecular weight excluding hydrogens is 442 g/mol. The number of nitrogens with one attached hydrogen (secondary N) is 1. The molecule has 31 heavy (non-hydrogen) atoms. The first-order valence-electron chi connectivity index (χ1n) is 9.85. The SMILES string of the molecule is O=C(c1ccc(Cl)cc1)N1CCN(S(=O)(=O)N[C@]2(C(=O)O)C[C@H]2c2ccccc2)CC1. The molecule has 2 aromatic rings. The van der Waals surface area contributed by atoms with Crippen molar-refractivity contribution < 1.29 is 23.1 Å². The number of carbonyl (C=O) groups excluding carboxylic acids is 1. The molecule has 2 atom stereocenters. The van der Waals surface area contributed by atoms with E-state index >= 15 is 0 Å². The molecule has 10 heteroatoms. The molecule has 2 fully saturated rings. The number of aliphatic carboxylic acids is 1. The summed E-state index contributed by atoms with van der Waals surface area (Å²) >= 11 is 5.85. The highest BCUT2D eigenvalue weighted by Gasteiger charge is 2.63. The summed E-state index contributed by atoms with van der Waals surface area (Å²) in [5.41, 5.74) is -0.283. The van der Waals surface area contributed by atoms with Gasteiger partial charge in [0.25, 0.3) is 16.1 Å². The number of nitrogens with zero attached hydrogens (tertiary/aromatic N) is 2. The molecule has 2 N–H and O–H groups in total. The van der Waals surface area contributed by atoms with Gasteiger partial charge in [0, 0.05) is 42.7 Å². The molecule has 0 aromatic heterocycles. The lowest BCUT2D eigenvalue weighted by atomic mass is 10.1. The average molecular weight is 464 g/mol. The van der Waals surface area contributed by atoms with Crippen LogP contribution in [0.1, 0.15) is 28.3 Å². The fourth-order valence-corrected chi connectivity index (χ4v) is 5.62. The smallest absolute Gasteiger partial charge is 0.325 e. The van der Waals surface area contributed by atoms with Gasteiger partial charge in [-0.2, -0.15) is 17.4 Å². The van der Waals surface area contributed by atoms with Crippen molar-refractivity contribution in [3.8, 4) is 0 Å². The van der Waals surface area contributed by atoms with E-state index < -0.39 is 27.6 Å². The fourth-order valence-electron chi connectivity index (χ4n) is 3.94. The Balaban J connectivity index is 1.41. The van der Waals surface area contributed by atoms with E-state index in [9.17, 15) is 23.1 Å². The predicted molar refractivity (Wildman–Crippen MR) is 115 cm³/mol. The summed E-state index contributed by atoms with van der Waals surface area (Å²) in [5.74, 6) is -1.81. The molecule has 1 aliphatic heterocycles. The van der Waals surface area contributed by atoms with Crippen LogP contribution in [0.5, 0.6) is 0 Å². The van der Waals surface area contributed by atoms with Crippen molar-refractivity contribution in [1.82, 2.24) is 13.9 Å². The summed E-state index contributed by atoms with van der Waals surface area (Å²) < 4.78 is 29.5. The van der Waals surface area contributed by atoms with Crippen LogP contribution in [0.4, 0.5) is 0 Å². The number of carbonyl (C=O) groups is 2. The number of carboxylic acids is 1. The Morgan fingerprint density at radius 3 is 2.19 bits per heavy atom. The van der Waals surface area contributed by atoms with Gasteiger partial charge in [0.05, 0.1) is 0 Å². The Kier molecular flexibility index (Phi) is 5.78. The van der Waals surface area contributed by atoms with E-state index in [1.165, 1.54) is 4.31 Å². The van der Waals surface area contributed by atoms with Crippen LogP contribution >= 0.6 is 11.6 Å². The van der Waals surface area contributed by atoms with Crippen molar-refractivity contribution in [2.45, 2.75) is 17.9 Å². The third kappa shape index (κ3) is 4.31. The number of piperazine rings is 1. The van der Waals surface area contributed by atoms with E-state index in [0.29, 0.717) is 10.6 Å². The van der Waals surface area contributed by atoms with Gasteiger partial charge in [0.15, 0.2) is 0 Å². The Morgan fingerprint density at radius 1 is 1.00 bits per heavy atom. The molecule has 164 valence electrons. The largest absolute Gasteiger partial charge is 0.480 e. The maximum absolute atomic E-state index is 12.9. The topological polar surface area (TPSA) is 107 Å². The number of hydrogen-bond donors (Lipinski definition) is 2. The van der Waals surface area contributed by atoms with Gasteiger partial charge in [-0.3, -0.25) is 9.59 Å². The fraction of sp³-hybridized carbons (Fsp3) is 0.333. The molecule has 2 aromatic carbocycles. The second kappa shape index (κ2) is 8.23. The van der Waals surface area contributed by atoms with Crippen LogP contribution < -0.4 is 4.72 Å². The monoisotopic (exact) mass is 463 g/mol. The number of rotatable bonds is 6. The predicted octanol–water partition coefficient (Wildman–Crippen LogP) is 1.94. The van der Waals surface area contributed by atoms with E-state index in [1.54, 1.807) is 53.4 Å². The van der Waals surface area contributed by atoms with E-state index in [2.05, 4.69) is 4.72 Å². The lowest BCUT2D eigenvalue weighted by Crippen LogP contribution is -2.56. The second-order valence-corrected chi connectivity index (χ2v) is 9.86. The van der Waals surface area contributed by atoms with Gasteiger partial charge in [-0.25, -0.2) is 0 Å². The summed E-state index contributed by atoms with van der Waals surface area (Å²) in [5, 5.41) is 10.3. The van der Waals surface area contributed by atoms with Crippen LogP contribution in [-0.4, -0.2) is 66.3 Å². The molecule has 4 rings (SSSR count). The van der Waals surface area contributed by atoms with Gasteiger partial charge >= 0.3 is 5.97 Å². The summed E-state index contributed by atoms with van der Waals surface area (Å²) in [6, 6.07) is 15.5. The van der Waals surface area contributed by atoms with E-state index in [1.807, 2.05) is 6.07 Å². The molecule has 1 aliphatic carbocycles. The molecule has 0 spiro atoms. The van der Waals surface area contributed by atoms with Gasteiger partial charge in [0.1, 0.15) is 5.54 Å². The lowest BCUT2D eigenvalue weighted by Gasteiger charge is -2.34. The first-order valence-corrected chi connectivity index (χ1v) is 11.7. The first-order chi connectivity index (χ1) is 14.7. The Morgan fingerprint density at radius 2 is 1.61 bits per heavy atom. The zero-order valence-corrected chi connectivity index (χ0v) is 18.1. The highest BCUT2D eigenvalue weighted by atomic mass is 35.5. The zero-order chi connectivity index (χ0) is 22.2. The summed E-state index contributed by atoms with van der Waals surface area (Å²) in [6.07, 6.45) is 0.195. The molecule has 0 radical (unpaired) electrons. The minimum absolute atomic E-state index is 0.0837. The highest BCUT2D eigenvalue weighted by Crippen LogP contribution is 2.52. The number of halogens is 1. The van der Waals surface area contributed by atoms with Crippen LogP contribution in [-0.2, 0) is 15.0 Å². The van der Waals surface area contributed by atoms with Crippen molar-refractivity contribution >= 4 is 33.7 Å². The summed E-state index contributed by atoms with van der Waals surface area (Å²) in [7, 11) is -4.04. The summed E-state index contributed by atoms with van der Waals surface area (Å²) in [6.45, 7) is 0.593. The van der Waals surface area contributed by atoms with Gasteiger partial charge in [0.2, 0.25) is 0 Å². The number of carboxylic acid groups (broad SMARTS) is 1. The van der Waals surface area contributed by atoms with Gasteiger partial charge < -0.3 is 10.0 Å². The maximum Gasteiger partial charge on any atom is 0.325 e. The number of benzene rings is 2. The van der Waals surface area contributed by atoms with Gasteiger partial charge in [-0.05, 0) is 36.2 Å². The minimum Gasteiger partial charge on any atom is -0.480 e. The van der Waals surface area contributed by atoms with Crippen molar-refractivity contribution in [3.63, 3.8) is 0 Å². The van der Waals surface area contributed by atoms with Crippen LogP contribution in [0, 0.1) is 0 Å². The van der Waals surface area contributed by atoms with Crippen LogP contribution in [0.25, 0.3) is 0 Å². The maximum atomic E-state index is 12.9. The molecule has 0 bridgehead atoms. The third-order valence-corrected chi connectivity index (χ3v) is 7.73. The molecule has 1 heterocycles. The molecule has 2 aliphatic rings. The van der Waals surface area contributed by atoms with Gasteiger partial charge in [-0.15, -0.1) is 0 Å². The standard InChI is InChI=1S/C21H22ClN3O5S/c22-17-8-6-16(7-9-17)19(26)24-10-12-25(13-11-24)31(29,30)23-21(20(27)28)14-18(21)15-4-2-1-3-5-15/h1-9,18,23H,10-14H2,(H,27,28)/t18-,21+/m0/s1. The van der Waals surface area contributed by atoms with Crippen molar-refractivity contribution in [1.29, 1.82) is 0 Å². The van der Waals surface area contributed by atoms with E-state index in [4.69, 9.17) is 11.6 Å². The first kappa shape index (κ1) is 21.8. The van der Waals surface area contributed by atoms with Crippen molar-refractivity contribution in [2.75, 3.05) is 26.2 Å². The molecule has 8 nitrogen and oxygen atoms in total. The van der Waals surface area contributed by atoms with Crippen LogP contribution in [0.15, 0.2) is 54.6 Å². The van der Waals surface area contributed by atoms with Gasteiger partial charge in [-0.1, -0.05) is 41.9 Å². The molecule has 1 saturated carbocycles. The van der Waals surface area contributed by atoms with E-state index in [0.717, 1.165) is 5.56 Å². The average Bonchev–Trinajstić information content (AvgIpc) is 3.49. The third-order valence-electron chi connectivity index (χ3n) is 5.81. The number of hydrogen-bond acceptors (Lipinski definition) is 4. The Labute approximate surface area is 185 Å². The minimum atomic E-state index is -4.04. The molecule has 1 amide bonds. The van der Waals surface area contributed by atoms with Crippen LogP contribution in [0.3, 0.4) is 0 Å². The zero-order valence-electron chi connectivity index (χ0n) is 16.6. The number of amides is 1. The van der Waals surface area contributed by atoms with E-state index in [-0.39, 0.29) is 38.5 Å². The summed E-state index contributed by atoms with van der Waals surface area (Å²) in [4.78, 5) is 26.1. The van der Waals surface area contributed by atoms with Crippen LogP contribution in [0.2, 0.25) is 5.02 Å². The molecule has 1 saturated heterocycles. The molecular formula is C21H22ClN3O5S. The highest BCUT2D eigenvalue weighted by molar-refractivity contribution is 7.87. The molecule has 0 unspecified atom stereocenters. The van der Waals surface area contributed by atoms with Crippen molar-refractivity contribution in [3.05, 3.63) is 70.7 Å². The quantitative estimate of drug-likeness (QED) is 0.680. The Bertz CT molecular complexity index is 1090. The lowest BCUT2D eigenvalue weighted by molar-refractivity contribution is -0.140. The Hall–Kier alpha value is -2.46. The van der Waals surface area contributed by atoms with Crippen molar-refractivity contribution in [2.24, 2.45) is 0 Å². The normalized spacial score (nSPS) is 24.0. The second-order valence-electron chi connectivity index (χ2n) is 7.75.